The molecule has 4 rings (SSSR count). The lowest BCUT2D eigenvalue weighted by molar-refractivity contribution is 0.129. The summed E-state index contributed by atoms with van der Waals surface area (Å²) in [5, 5.41) is 4.41. The smallest absolute Gasteiger partial charge is 0.254 e. The minimum absolute atomic E-state index is 0.642. The van der Waals surface area contributed by atoms with Crippen molar-refractivity contribution in [2.75, 3.05) is 18.0 Å². The van der Waals surface area contributed by atoms with E-state index in [0.29, 0.717) is 18.1 Å². The summed E-state index contributed by atoms with van der Waals surface area (Å²) in [6.07, 6.45) is 7.74. The summed E-state index contributed by atoms with van der Waals surface area (Å²) in [4.78, 5) is 14.1. The third-order valence-electron chi connectivity index (χ3n) is 5.81. The predicted molar refractivity (Wildman–Crippen MR) is 95.4 cm³/mol. The summed E-state index contributed by atoms with van der Waals surface area (Å²) >= 11 is 0. The summed E-state index contributed by atoms with van der Waals surface area (Å²) in [5.41, 5.74) is 1.09. The minimum Gasteiger partial charge on any atom is -0.355 e. The number of aromatic nitrogens is 4. The first-order chi connectivity index (χ1) is 11.7. The van der Waals surface area contributed by atoms with Crippen LogP contribution in [0.3, 0.4) is 0 Å². The largest absolute Gasteiger partial charge is 0.355 e. The van der Waals surface area contributed by atoms with Gasteiger partial charge in [-0.15, -0.1) is 0 Å². The lowest BCUT2D eigenvalue weighted by Gasteiger charge is -2.42. The fraction of sp³-hybridized carbons (Fsp3) is 0.722. The Morgan fingerprint density at radius 2 is 1.96 bits per heavy atom. The van der Waals surface area contributed by atoms with E-state index >= 15 is 0 Å². The molecule has 0 N–H and O–H groups in total. The second-order valence-electron chi connectivity index (χ2n) is 7.40. The van der Waals surface area contributed by atoms with Crippen LogP contribution in [0.2, 0.25) is 0 Å². The van der Waals surface area contributed by atoms with Crippen LogP contribution < -0.4 is 4.90 Å². The number of piperidine rings is 1. The van der Waals surface area contributed by atoms with Gasteiger partial charge in [0.15, 0.2) is 0 Å². The second-order valence-corrected chi connectivity index (χ2v) is 7.40. The number of hydrogen-bond acceptors (Lipinski definition) is 5. The first-order valence-electron chi connectivity index (χ1n) is 9.39. The standard InChI is InChI=1S/C18H28N6/c1-4-15-10-17(24-18(21-15)19-12-20-24)22-9-5-6-16(11-22)23-13(2)7-8-14(23)3/h10,12-14,16H,4-9,11H2,1-3H3/t13-,14+,16-/m0/s1. The number of hydrogen-bond donors (Lipinski definition) is 0. The van der Waals surface area contributed by atoms with Gasteiger partial charge in [-0.25, -0.2) is 4.98 Å². The first kappa shape index (κ1) is 15.8. The summed E-state index contributed by atoms with van der Waals surface area (Å²) in [5.74, 6) is 1.87. The van der Waals surface area contributed by atoms with Gasteiger partial charge in [0.1, 0.15) is 12.1 Å². The number of aryl methyl sites for hydroxylation is 1. The second kappa shape index (κ2) is 6.31. The van der Waals surface area contributed by atoms with Crippen LogP contribution >= 0.6 is 0 Å². The highest BCUT2D eigenvalue weighted by atomic mass is 15.4. The Balaban J connectivity index is 1.63. The first-order valence-corrected chi connectivity index (χ1v) is 9.39. The Kier molecular flexibility index (Phi) is 4.16. The lowest BCUT2D eigenvalue weighted by atomic mass is 10.0. The summed E-state index contributed by atoms with van der Waals surface area (Å²) in [7, 11) is 0. The molecule has 2 aliphatic rings. The highest BCUT2D eigenvalue weighted by Crippen LogP contribution is 2.31. The Hall–Kier alpha value is -1.69. The quantitative estimate of drug-likeness (QED) is 0.866. The molecule has 6 nitrogen and oxygen atoms in total. The van der Waals surface area contributed by atoms with Gasteiger partial charge >= 0.3 is 0 Å². The molecule has 2 aromatic rings. The van der Waals surface area contributed by atoms with Crippen molar-refractivity contribution in [3.8, 4) is 0 Å². The Morgan fingerprint density at radius 3 is 2.71 bits per heavy atom. The average molecular weight is 328 g/mol. The van der Waals surface area contributed by atoms with Gasteiger partial charge in [0.05, 0.1) is 0 Å². The van der Waals surface area contributed by atoms with E-state index in [9.17, 15) is 0 Å². The monoisotopic (exact) mass is 328 g/mol. The van der Waals surface area contributed by atoms with Gasteiger partial charge in [0.2, 0.25) is 0 Å². The van der Waals surface area contributed by atoms with E-state index in [1.807, 2.05) is 4.52 Å². The zero-order chi connectivity index (χ0) is 16.7. The molecule has 0 aliphatic carbocycles. The van der Waals surface area contributed by atoms with E-state index < -0.39 is 0 Å². The Morgan fingerprint density at radius 1 is 1.17 bits per heavy atom. The van der Waals surface area contributed by atoms with Crippen LogP contribution in [0, 0.1) is 0 Å². The van der Waals surface area contributed by atoms with Crippen molar-refractivity contribution in [1.82, 2.24) is 24.5 Å². The zero-order valence-corrected chi connectivity index (χ0v) is 15.0. The molecule has 4 heterocycles. The molecule has 24 heavy (non-hydrogen) atoms. The molecule has 2 saturated heterocycles. The highest BCUT2D eigenvalue weighted by Gasteiger charge is 2.35. The third-order valence-corrected chi connectivity index (χ3v) is 5.81. The molecular weight excluding hydrogens is 300 g/mol. The molecule has 2 aliphatic heterocycles. The topological polar surface area (TPSA) is 49.6 Å². The molecule has 0 spiro atoms. The molecule has 2 aromatic heterocycles. The number of fused-ring (bicyclic) bond motifs is 1. The van der Waals surface area contributed by atoms with Gasteiger partial charge in [-0.2, -0.15) is 14.6 Å². The predicted octanol–water partition coefficient (Wildman–Crippen LogP) is 2.53. The number of anilines is 1. The van der Waals surface area contributed by atoms with Crippen LogP contribution in [0.4, 0.5) is 5.82 Å². The Labute approximate surface area is 143 Å². The summed E-state index contributed by atoms with van der Waals surface area (Å²) in [6, 6.07) is 4.25. The van der Waals surface area contributed by atoms with Crippen LogP contribution in [-0.4, -0.2) is 55.7 Å². The molecule has 0 bridgehead atoms. The van der Waals surface area contributed by atoms with Crippen LogP contribution in [-0.2, 0) is 6.42 Å². The van der Waals surface area contributed by atoms with Crippen molar-refractivity contribution < 1.29 is 0 Å². The molecule has 3 atom stereocenters. The average Bonchev–Trinajstić information content (AvgIpc) is 3.20. The van der Waals surface area contributed by atoms with E-state index in [-0.39, 0.29) is 0 Å². The van der Waals surface area contributed by atoms with Crippen molar-refractivity contribution in [3.05, 3.63) is 18.1 Å². The molecule has 0 aromatic carbocycles. The zero-order valence-electron chi connectivity index (χ0n) is 15.0. The van der Waals surface area contributed by atoms with Crippen LogP contribution in [0.5, 0.6) is 0 Å². The number of rotatable bonds is 3. The molecule has 0 radical (unpaired) electrons. The fourth-order valence-corrected chi connectivity index (χ4v) is 4.59. The molecule has 130 valence electrons. The maximum absolute atomic E-state index is 4.58. The van der Waals surface area contributed by atoms with Gasteiger partial charge in [0, 0.05) is 43.0 Å². The van der Waals surface area contributed by atoms with Crippen molar-refractivity contribution in [1.29, 1.82) is 0 Å². The van der Waals surface area contributed by atoms with Gasteiger partial charge in [-0.1, -0.05) is 6.92 Å². The molecular formula is C18H28N6. The molecule has 0 amide bonds. The SMILES string of the molecule is CCc1cc(N2CCC[C@H](N3[C@H](C)CC[C@@H]3C)C2)n2ncnc2n1. The normalized spacial score (nSPS) is 28.8. The van der Waals surface area contributed by atoms with E-state index in [0.717, 1.165) is 36.8 Å². The Bertz CT molecular complexity index is 701. The van der Waals surface area contributed by atoms with Crippen LogP contribution in [0.15, 0.2) is 12.4 Å². The van der Waals surface area contributed by atoms with E-state index in [2.05, 4.69) is 51.7 Å². The van der Waals surface area contributed by atoms with Gasteiger partial charge in [-0.3, -0.25) is 4.90 Å². The molecule has 2 fully saturated rings. The van der Waals surface area contributed by atoms with Gasteiger partial charge < -0.3 is 4.90 Å². The molecule has 0 unspecified atom stereocenters. The van der Waals surface area contributed by atoms with Crippen molar-refractivity contribution >= 4 is 11.6 Å². The lowest BCUT2D eigenvalue weighted by Crippen LogP contribution is -2.51. The minimum atomic E-state index is 0.642. The summed E-state index contributed by atoms with van der Waals surface area (Å²) < 4.78 is 1.90. The number of likely N-dealkylation sites (tertiary alicyclic amines) is 1. The van der Waals surface area contributed by atoms with Crippen molar-refractivity contribution in [3.63, 3.8) is 0 Å². The van der Waals surface area contributed by atoms with Crippen LogP contribution in [0.25, 0.3) is 5.78 Å². The van der Waals surface area contributed by atoms with Crippen molar-refractivity contribution in [2.24, 2.45) is 0 Å². The van der Waals surface area contributed by atoms with E-state index in [1.165, 1.54) is 25.7 Å². The third kappa shape index (κ3) is 2.66. The molecule has 0 saturated carbocycles. The maximum Gasteiger partial charge on any atom is 0.254 e. The maximum atomic E-state index is 4.58. The summed E-state index contributed by atoms with van der Waals surface area (Å²) in [6.45, 7) is 9.09. The van der Waals surface area contributed by atoms with Gasteiger partial charge in [-0.05, 0) is 46.0 Å². The van der Waals surface area contributed by atoms with Crippen molar-refractivity contribution in [2.45, 2.75) is 71.0 Å². The van der Waals surface area contributed by atoms with Gasteiger partial charge in [0.25, 0.3) is 5.78 Å². The van der Waals surface area contributed by atoms with E-state index in [4.69, 9.17) is 0 Å². The fourth-order valence-electron chi connectivity index (χ4n) is 4.59. The highest BCUT2D eigenvalue weighted by molar-refractivity contribution is 5.48. The number of nitrogens with zero attached hydrogens (tertiary/aromatic N) is 6. The molecule has 6 heteroatoms. The van der Waals surface area contributed by atoms with Crippen LogP contribution in [0.1, 0.15) is 52.1 Å². The van der Waals surface area contributed by atoms with E-state index in [1.54, 1.807) is 6.33 Å².